The zero-order valence-corrected chi connectivity index (χ0v) is 8.57. The van der Waals surface area contributed by atoms with E-state index in [9.17, 15) is 4.79 Å². The second-order valence-corrected chi connectivity index (χ2v) is 3.49. The molecule has 0 spiro atoms. The third-order valence-electron chi connectivity index (χ3n) is 2.53. The van der Waals surface area contributed by atoms with Gasteiger partial charge in [0.15, 0.2) is 6.17 Å². The number of esters is 1. The van der Waals surface area contributed by atoms with Gasteiger partial charge >= 0.3 is 5.97 Å². The minimum atomic E-state index is -0.389. The average molecular weight is 206 g/mol. The minimum Gasteiger partial charge on any atom is -0.467 e. The third-order valence-corrected chi connectivity index (χ3v) is 2.53. The van der Waals surface area contributed by atoms with E-state index in [4.69, 9.17) is 0 Å². The first-order chi connectivity index (χ1) is 7.31. The monoisotopic (exact) mass is 206 g/mol. The molecule has 1 aromatic carbocycles. The van der Waals surface area contributed by atoms with E-state index in [-0.39, 0.29) is 18.2 Å². The first kappa shape index (κ1) is 10.1. The van der Waals surface area contributed by atoms with Crippen molar-refractivity contribution in [3.8, 4) is 0 Å². The molecule has 0 radical (unpaired) electrons. The van der Waals surface area contributed by atoms with Gasteiger partial charge in [0.25, 0.3) is 0 Å². The molecule has 2 atom stereocenters. The Kier molecular flexibility index (Phi) is 2.99. The number of carbonyl (C=O) groups excluding carboxylic acids is 1. The summed E-state index contributed by atoms with van der Waals surface area (Å²) in [5.41, 5.74) is 1.18. The highest BCUT2D eigenvalue weighted by atomic mass is 16.5. The van der Waals surface area contributed by atoms with Crippen molar-refractivity contribution in [2.24, 2.45) is 0 Å². The number of rotatable bonds is 2. The van der Waals surface area contributed by atoms with E-state index >= 15 is 0 Å². The lowest BCUT2D eigenvalue weighted by molar-refractivity contribution is -0.143. The SMILES string of the molecule is COC(=O)C1NCC(c2ccccc2)N1. The molecule has 4 nitrogen and oxygen atoms in total. The number of hydrogen-bond donors (Lipinski definition) is 2. The molecule has 1 aromatic rings. The van der Waals surface area contributed by atoms with Crippen molar-refractivity contribution in [3.05, 3.63) is 35.9 Å². The predicted molar refractivity (Wildman–Crippen MR) is 56.1 cm³/mol. The molecule has 80 valence electrons. The topological polar surface area (TPSA) is 50.4 Å². The summed E-state index contributed by atoms with van der Waals surface area (Å²) in [6.45, 7) is 0.740. The fraction of sp³-hybridized carbons (Fsp3) is 0.364. The molecule has 1 heterocycles. The smallest absolute Gasteiger partial charge is 0.337 e. The van der Waals surface area contributed by atoms with Crippen LogP contribution in [0.15, 0.2) is 30.3 Å². The highest BCUT2D eigenvalue weighted by Crippen LogP contribution is 2.16. The van der Waals surface area contributed by atoms with Crippen LogP contribution in [0.1, 0.15) is 11.6 Å². The Hall–Kier alpha value is -1.39. The van der Waals surface area contributed by atoms with Crippen LogP contribution in [0.3, 0.4) is 0 Å². The Morgan fingerprint density at radius 2 is 2.13 bits per heavy atom. The molecule has 1 fully saturated rings. The lowest BCUT2D eigenvalue weighted by Crippen LogP contribution is -2.40. The third kappa shape index (κ3) is 2.16. The first-order valence-corrected chi connectivity index (χ1v) is 4.93. The quantitative estimate of drug-likeness (QED) is 0.689. The van der Waals surface area contributed by atoms with Crippen LogP contribution in [0.5, 0.6) is 0 Å². The Bertz CT molecular complexity index is 340. The molecule has 0 aliphatic carbocycles. The number of carbonyl (C=O) groups is 1. The summed E-state index contributed by atoms with van der Waals surface area (Å²) < 4.78 is 4.65. The Morgan fingerprint density at radius 3 is 2.80 bits per heavy atom. The molecule has 2 N–H and O–H groups in total. The standard InChI is InChI=1S/C11H14N2O2/c1-15-11(14)10-12-7-9(13-10)8-5-3-2-4-6-8/h2-6,9-10,12-13H,7H2,1H3. The zero-order chi connectivity index (χ0) is 10.7. The summed E-state index contributed by atoms with van der Waals surface area (Å²) in [6.07, 6.45) is -0.389. The number of methoxy groups -OCH3 is 1. The van der Waals surface area contributed by atoms with Crippen molar-refractivity contribution in [3.63, 3.8) is 0 Å². The maximum absolute atomic E-state index is 11.2. The molecule has 1 aliphatic heterocycles. The number of ether oxygens (including phenoxy) is 1. The van der Waals surface area contributed by atoms with E-state index in [0.717, 1.165) is 6.54 Å². The van der Waals surface area contributed by atoms with Crippen LogP contribution >= 0.6 is 0 Å². The van der Waals surface area contributed by atoms with E-state index in [1.807, 2.05) is 30.3 Å². The molecule has 1 aliphatic rings. The summed E-state index contributed by atoms with van der Waals surface area (Å²) in [7, 11) is 1.39. The van der Waals surface area contributed by atoms with Crippen molar-refractivity contribution < 1.29 is 9.53 Å². The molecule has 0 saturated carbocycles. The molecule has 0 aromatic heterocycles. The van der Waals surface area contributed by atoms with E-state index in [0.29, 0.717) is 0 Å². The van der Waals surface area contributed by atoms with Crippen LogP contribution in [0.2, 0.25) is 0 Å². The molecular weight excluding hydrogens is 192 g/mol. The zero-order valence-electron chi connectivity index (χ0n) is 8.57. The normalized spacial score (nSPS) is 25.1. The van der Waals surface area contributed by atoms with Gasteiger partial charge in [-0.3, -0.25) is 10.6 Å². The molecule has 2 rings (SSSR count). The average Bonchev–Trinajstić information content (AvgIpc) is 2.78. The lowest BCUT2D eigenvalue weighted by atomic mass is 10.1. The Morgan fingerprint density at radius 1 is 1.40 bits per heavy atom. The van der Waals surface area contributed by atoms with E-state index < -0.39 is 0 Å². The van der Waals surface area contributed by atoms with Crippen LogP contribution in [0.25, 0.3) is 0 Å². The van der Waals surface area contributed by atoms with Gasteiger partial charge < -0.3 is 4.74 Å². The van der Waals surface area contributed by atoms with Crippen LogP contribution in [-0.2, 0) is 9.53 Å². The fourth-order valence-electron chi connectivity index (χ4n) is 1.72. The van der Waals surface area contributed by atoms with Crippen LogP contribution < -0.4 is 10.6 Å². The minimum absolute atomic E-state index is 0.176. The van der Waals surface area contributed by atoms with Crippen LogP contribution in [0, 0.1) is 0 Å². The Balaban J connectivity index is 2.02. The van der Waals surface area contributed by atoms with Gasteiger partial charge in [0.1, 0.15) is 0 Å². The number of nitrogens with one attached hydrogen (secondary N) is 2. The molecule has 4 heteroatoms. The second-order valence-electron chi connectivity index (χ2n) is 3.49. The van der Waals surface area contributed by atoms with Crippen molar-refractivity contribution in [2.45, 2.75) is 12.2 Å². The predicted octanol–water partition coefficient (Wildman–Crippen LogP) is 0.420. The van der Waals surface area contributed by atoms with Gasteiger partial charge in [0.05, 0.1) is 7.11 Å². The molecule has 0 amide bonds. The van der Waals surface area contributed by atoms with Crippen molar-refractivity contribution in [1.82, 2.24) is 10.6 Å². The number of hydrogen-bond acceptors (Lipinski definition) is 4. The van der Waals surface area contributed by atoms with E-state index in [2.05, 4.69) is 15.4 Å². The largest absolute Gasteiger partial charge is 0.467 e. The highest BCUT2D eigenvalue weighted by molar-refractivity contribution is 5.75. The molecule has 0 bridgehead atoms. The summed E-state index contributed by atoms with van der Waals surface area (Å²) in [4.78, 5) is 11.2. The van der Waals surface area contributed by atoms with Crippen LogP contribution in [0.4, 0.5) is 0 Å². The number of benzene rings is 1. The van der Waals surface area contributed by atoms with Gasteiger partial charge in [-0.15, -0.1) is 0 Å². The van der Waals surface area contributed by atoms with Crippen LogP contribution in [-0.4, -0.2) is 25.8 Å². The maximum atomic E-state index is 11.2. The fourth-order valence-corrected chi connectivity index (χ4v) is 1.72. The lowest BCUT2D eigenvalue weighted by Gasteiger charge is -2.11. The first-order valence-electron chi connectivity index (χ1n) is 4.93. The van der Waals surface area contributed by atoms with Gasteiger partial charge in [-0.1, -0.05) is 30.3 Å². The maximum Gasteiger partial charge on any atom is 0.337 e. The molecule has 1 saturated heterocycles. The van der Waals surface area contributed by atoms with Crippen molar-refractivity contribution in [2.75, 3.05) is 13.7 Å². The van der Waals surface area contributed by atoms with E-state index in [1.54, 1.807) is 0 Å². The van der Waals surface area contributed by atoms with Crippen molar-refractivity contribution >= 4 is 5.97 Å². The summed E-state index contributed by atoms with van der Waals surface area (Å²) in [5.74, 6) is -0.270. The van der Waals surface area contributed by atoms with Crippen molar-refractivity contribution in [1.29, 1.82) is 0 Å². The Labute approximate surface area is 88.6 Å². The van der Waals surface area contributed by atoms with Gasteiger partial charge in [-0.05, 0) is 5.56 Å². The highest BCUT2D eigenvalue weighted by Gasteiger charge is 2.29. The van der Waals surface area contributed by atoms with Gasteiger partial charge in [0.2, 0.25) is 0 Å². The summed E-state index contributed by atoms with van der Waals surface area (Å²) in [5, 5.41) is 6.24. The van der Waals surface area contributed by atoms with E-state index in [1.165, 1.54) is 12.7 Å². The van der Waals surface area contributed by atoms with Gasteiger partial charge in [-0.25, -0.2) is 4.79 Å². The summed E-state index contributed by atoms with van der Waals surface area (Å²) >= 11 is 0. The van der Waals surface area contributed by atoms with Gasteiger partial charge in [0, 0.05) is 12.6 Å². The molecule has 2 unspecified atom stereocenters. The molecule has 15 heavy (non-hydrogen) atoms. The molecular formula is C11H14N2O2. The van der Waals surface area contributed by atoms with Gasteiger partial charge in [-0.2, -0.15) is 0 Å². The second kappa shape index (κ2) is 4.42. The summed E-state index contributed by atoms with van der Waals surface area (Å²) in [6, 6.07) is 10.2.